The van der Waals surface area contributed by atoms with Crippen LogP contribution in [0.2, 0.25) is 0 Å². The molecule has 0 spiro atoms. The molecule has 3 fully saturated rings. The second-order valence-corrected chi connectivity index (χ2v) is 12.1. The summed E-state index contributed by atoms with van der Waals surface area (Å²) in [5, 5.41) is 0. The molecule has 1 nitrogen and oxygen atoms in total. The molecule has 3 saturated carbocycles. The van der Waals surface area contributed by atoms with Gasteiger partial charge in [-0.3, -0.25) is 4.79 Å². The first-order valence-corrected chi connectivity index (χ1v) is 12.6. The van der Waals surface area contributed by atoms with E-state index in [4.69, 9.17) is 0 Å². The first-order valence-electron chi connectivity index (χ1n) is 12.6. The molecule has 0 aromatic carbocycles. The number of fused-ring (bicyclic) bond motifs is 5. The molecule has 4 rings (SSSR count). The quantitative estimate of drug-likeness (QED) is 0.437. The molecular weight excluding hydrogens is 352 g/mol. The fourth-order valence-corrected chi connectivity index (χ4v) is 8.51. The van der Waals surface area contributed by atoms with Crippen molar-refractivity contribution in [3.05, 3.63) is 24.3 Å². The van der Waals surface area contributed by atoms with Crippen LogP contribution in [0, 0.1) is 52.3 Å². The maximum Gasteiger partial charge on any atom is 0.155 e. The lowest BCUT2D eigenvalue weighted by Gasteiger charge is -2.59. The molecule has 0 amide bonds. The van der Waals surface area contributed by atoms with Crippen LogP contribution in [-0.4, -0.2) is 5.78 Å². The lowest BCUT2D eigenvalue weighted by Crippen LogP contribution is -2.52. The summed E-state index contributed by atoms with van der Waals surface area (Å²) in [6.07, 6.45) is 15.9. The van der Waals surface area contributed by atoms with Crippen molar-refractivity contribution in [3.63, 3.8) is 0 Å². The molecule has 0 N–H and O–H groups in total. The number of carbonyl (C=O) groups excluding carboxylic acids is 1. The van der Waals surface area contributed by atoms with Crippen molar-refractivity contribution in [1.82, 2.24) is 0 Å². The summed E-state index contributed by atoms with van der Waals surface area (Å²) in [4.78, 5) is 12.0. The van der Waals surface area contributed by atoms with E-state index in [1.807, 2.05) is 6.08 Å². The minimum Gasteiger partial charge on any atom is -0.295 e. The molecule has 0 heterocycles. The number of ketones is 1. The Hall–Kier alpha value is -0.850. The van der Waals surface area contributed by atoms with Crippen molar-refractivity contribution < 1.29 is 4.79 Å². The fourth-order valence-electron chi connectivity index (χ4n) is 8.51. The van der Waals surface area contributed by atoms with Crippen molar-refractivity contribution in [2.75, 3.05) is 0 Å². The van der Waals surface area contributed by atoms with Crippen LogP contribution >= 0.6 is 0 Å². The Labute approximate surface area is 179 Å². The Balaban J connectivity index is 1.49. The number of hydrogen-bond acceptors (Lipinski definition) is 1. The molecule has 0 aromatic rings. The van der Waals surface area contributed by atoms with Crippen molar-refractivity contribution >= 4 is 5.78 Å². The third kappa shape index (κ3) is 3.49. The molecule has 4 aliphatic rings. The lowest BCUT2D eigenvalue weighted by molar-refractivity contribution is -0.122. The summed E-state index contributed by atoms with van der Waals surface area (Å²) in [5.74, 6) is 5.89. The molecule has 162 valence electrons. The molecule has 29 heavy (non-hydrogen) atoms. The van der Waals surface area contributed by atoms with Gasteiger partial charge in [0, 0.05) is 6.42 Å². The standard InChI is InChI=1S/C28H44O/c1-18(2)19(3)7-8-20(4)24-11-12-25-23-10-9-21-17-22(29)13-15-27(21,5)26(23)14-16-28(24,25)6/h13,15,18,20-21,23-26H,3,7-12,14,16-17H2,1-2,4-6H3/t20-,21+,23+,24-,25+,26+,27-,28-/m1/s1. The van der Waals surface area contributed by atoms with Crippen LogP contribution in [0.4, 0.5) is 0 Å². The summed E-state index contributed by atoms with van der Waals surface area (Å²) < 4.78 is 0. The number of allylic oxidation sites excluding steroid dienone is 3. The van der Waals surface area contributed by atoms with E-state index < -0.39 is 0 Å². The molecule has 0 saturated heterocycles. The normalized spacial score (nSPS) is 44.9. The highest BCUT2D eigenvalue weighted by atomic mass is 16.1. The van der Waals surface area contributed by atoms with Crippen LogP contribution in [0.5, 0.6) is 0 Å². The predicted molar refractivity (Wildman–Crippen MR) is 123 cm³/mol. The van der Waals surface area contributed by atoms with Gasteiger partial charge in [-0.2, -0.15) is 0 Å². The molecule has 0 aromatic heterocycles. The zero-order valence-electron chi connectivity index (χ0n) is 19.7. The van der Waals surface area contributed by atoms with Crippen molar-refractivity contribution in [2.24, 2.45) is 52.3 Å². The van der Waals surface area contributed by atoms with Crippen molar-refractivity contribution in [3.8, 4) is 0 Å². The van der Waals surface area contributed by atoms with Gasteiger partial charge in [0.25, 0.3) is 0 Å². The first-order chi connectivity index (χ1) is 13.7. The van der Waals surface area contributed by atoms with Gasteiger partial charge in [-0.05, 0) is 110 Å². The highest BCUT2D eigenvalue weighted by Crippen LogP contribution is 2.67. The topological polar surface area (TPSA) is 17.1 Å². The largest absolute Gasteiger partial charge is 0.295 e. The molecular formula is C28H44O. The van der Waals surface area contributed by atoms with Gasteiger partial charge in [-0.1, -0.05) is 52.8 Å². The number of carbonyl (C=O) groups is 1. The molecule has 0 radical (unpaired) electrons. The van der Waals surface area contributed by atoms with Crippen LogP contribution < -0.4 is 0 Å². The Morgan fingerprint density at radius 3 is 2.59 bits per heavy atom. The van der Waals surface area contributed by atoms with E-state index in [2.05, 4.69) is 47.3 Å². The summed E-state index contributed by atoms with van der Waals surface area (Å²) in [6.45, 7) is 16.6. The molecule has 8 atom stereocenters. The molecule has 0 unspecified atom stereocenters. The zero-order valence-corrected chi connectivity index (χ0v) is 19.7. The third-order valence-electron chi connectivity index (χ3n) is 10.5. The van der Waals surface area contributed by atoms with E-state index in [-0.39, 0.29) is 5.41 Å². The molecule has 0 bridgehead atoms. The maximum absolute atomic E-state index is 12.0. The second kappa shape index (κ2) is 7.69. The summed E-state index contributed by atoms with van der Waals surface area (Å²) in [5.41, 5.74) is 2.25. The van der Waals surface area contributed by atoms with Gasteiger partial charge in [0.2, 0.25) is 0 Å². The van der Waals surface area contributed by atoms with Crippen LogP contribution in [0.15, 0.2) is 24.3 Å². The van der Waals surface area contributed by atoms with Gasteiger partial charge in [-0.25, -0.2) is 0 Å². The van der Waals surface area contributed by atoms with E-state index in [0.717, 1.165) is 36.0 Å². The summed E-state index contributed by atoms with van der Waals surface area (Å²) in [7, 11) is 0. The van der Waals surface area contributed by atoms with E-state index in [1.54, 1.807) is 0 Å². The predicted octanol–water partition coefficient (Wildman–Crippen LogP) is 7.62. The summed E-state index contributed by atoms with van der Waals surface area (Å²) in [6, 6.07) is 0. The van der Waals surface area contributed by atoms with Gasteiger partial charge >= 0.3 is 0 Å². The number of rotatable bonds is 5. The molecule has 0 aliphatic heterocycles. The third-order valence-corrected chi connectivity index (χ3v) is 10.5. The van der Waals surface area contributed by atoms with Crippen molar-refractivity contribution in [2.45, 2.75) is 92.4 Å². The van der Waals surface area contributed by atoms with Gasteiger partial charge in [0.05, 0.1) is 0 Å². The fraction of sp³-hybridized carbons (Fsp3) is 0.821. The monoisotopic (exact) mass is 396 g/mol. The minimum absolute atomic E-state index is 0.275. The smallest absolute Gasteiger partial charge is 0.155 e. The zero-order chi connectivity index (χ0) is 21.0. The Kier molecular flexibility index (Phi) is 5.67. The van der Waals surface area contributed by atoms with E-state index in [1.165, 1.54) is 56.9 Å². The Morgan fingerprint density at radius 2 is 1.86 bits per heavy atom. The van der Waals surface area contributed by atoms with Gasteiger partial charge in [0.1, 0.15) is 0 Å². The SMILES string of the molecule is C=C(CC[C@@H](C)[C@H]1CC[C@H]2[C@@H]3CC[C@H]4CC(=O)C=C[C@@]4(C)[C@H]3CC[C@]12C)C(C)C. The highest BCUT2D eigenvalue weighted by Gasteiger charge is 2.59. The maximum atomic E-state index is 12.0. The van der Waals surface area contributed by atoms with E-state index in [9.17, 15) is 4.79 Å². The van der Waals surface area contributed by atoms with E-state index >= 15 is 0 Å². The summed E-state index contributed by atoms with van der Waals surface area (Å²) >= 11 is 0. The lowest BCUT2D eigenvalue weighted by atomic mass is 9.45. The van der Waals surface area contributed by atoms with Crippen LogP contribution in [-0.2, 0) is 4.79 Å². The Bertz CT molecular complexity index is 686. The minimum atomic E-state index is 0.275. The van der Waals surface area contributed by atoms with Crippen molar-refractivity contribution in [1.29, 1.82) is 0 Å². The number of hydrogen-bond donors (Lipinski definition) is 0. The van der Waals surface area contributed by atoms with Crippen LogP contribution in [0.1, 0.15) is 92.4 Å². The molecule has 1 heteroatoms. The average Bonchev–Trinajstić information content (AvgIpc) is 3.03. The second-order valence-electron chi connectivity index (χ2n) is 12.1. The highest BCUT2D eigenvalue weighted by molar-refractivity contribution is 5.91. The van der Waals surface area contributed by atoms with Crippen LogP contribution in [0.25, 0.3) is 0 Å². The van der Waals surface area contributed by atoms with E-state index in [0.29, 0.717) is 23.0 Å². The van der Waals surface area contributed by atoms with Gasteiger partial charge in [-0.15, -0.1) is 0 Å². The van der Waals surface area contributed by atoms with Gasteiger partial charge in [0.15, 0.2) is 5.78 Å². The van der Waals surface area contributed by atoms with Gasteiger partial charge < -0.3 is 0 Å². The Morgan fingerprint density at radius 1 is 1.10 bits per heavy atom. The first kappa shape index (κ1) is 21.4. The average molecular weight is 397 g/mol. The van der Waals surface area contributed by atoms with Crippen LogP contribution in [0.3, 0.4) is 0 Å². The molecule has 4 aliphatic carbocycles.